The summed E-state index contributed by atoms with van der Waals surface area (Å²) in [4.78, 5) is 26.6. The first-order valence-electron chi connectivity index (χ1n) is 7.41. The topological polar surface area (TPSA) is 49.4 Å². The van der Waals surface area contributed by atoms with Crippen molar-refractivity contribution in [1.29, 1.82) is 0 Å². The number of nitrogens with zero attached hydrogens (tertiary/aromatic N) is 1. The molecule has 1 saturated heterocycles. The van der Waals surface area contributed by atoms with E-state index in [0.29, 0.717) is 12.1 Å². The Morgan fingerprint density at radius 3 is 2.73 bits per heavy atom. The molecule has 1 fully saturated rings. The lowest BCUT2D eigenvalue weighted by atomic mass is 9.96. The van der Waals surface area contributed by atoms with Crippen LogP contribution in [0.1, 0.15) is 23.2 Å². The normalized spacial score (nSPS) is 18.0. The van der Waals surface area contributed by atoms with Gasteiger partial charge in [-0.15, -0.1) is 0 Å². The average Bonchev–Trinajstić information content (AvgIpc) is 3.09. The molecule has 0 saturated carbocycles. The van der Waals surface area contributed by atoms with E-state index in [9.17, 15) is 9.59 Å². The number of rotatable bonds is 3. The molecule has 3 rings (SSSR count). The van der Waals surface area contributed by atoms with Gasteiger partial charge >= 0.3 is 0 Å². The van der Waals surface area contributed by atoms with E-state index in [0.717, 1.165) is 25.1 Å². The lowest BCUT2D eigenvalue weighted by molar-refractivity contribution is -0.121. The van der Waals surface area contributed by atoms with Crippen LogP contribution in [0.2, 0.25) is 0 Å². The second-order valence-corrected chi connectivity index (χ2v) is 6.24. The number of nitrogens with one attached hydrogen (secondary N) is 1. The minimum absolute atomic E-state index is 0.00554. The molecule has 1 N–H and O–H groups in total. The summed E-state index contributed by atoms with van der Waals surface area (Å²) < 4.78 is 0. The van der Waals surface area contributed by atoms with Crippen molar-refractivity contribution in [1.82, 2.24) is 4.90 Å². The van der Waals surface area contributed by atoms with Crippen LogP contribution in [-0.2, 0) is 4.79 Å². The monoisotopic (exact) mass is 314 g/mol. The molecule has 0 radical (unpaired) electrons. The number of carbonyl (C=O) groups is 2. The molecule has 2 heterocycles. The van der Waals surface area contributed by atoms with Crippen molar-refractivity contribution in [3.05, 3.63) is 52.7 Å². The predicted octanol–water partition coefficient (Wildman–Crippen LogP) is 3.24. The zero-order valence-corrected chi connectivity index (χ0v) is 13.0. The Kier molecular flexibility index (Phi) is 4.53. The third kappa shape index (κ3) is 3.36. The molecule has 1 aromatic carbocycles. The predicted molar refractivity (Wildman–Crippen MR) is 88.0 cm³/mol. The largest absolute Gasteiger partial charge is 0.338 e. The first-order chi connectivity index (χ1) is 10.7. The fraction of sp³-hybridized carbons (Fsp3) is 0.294. The van der Waals surface area contributed by atoms with Crippen LogP contribution < -0.4 is 5.32 Å². The highest BCUT2D eigenvalue weighted by Gasteiger charge is 2.29. The Balaban J connectivity index is 1.63. The lowest BCUT2D eigenvalue weighted by Gasteiger charge is -2.32. The van der Waals surface area contributed by atoms with Crippen LogP contribution in [0.5, 0.6) is 0 Å². The third-order valence-electron chi connectivity index (χ3n) is 3.89. The molecule has 0 bridgehead atoms. The van der Waals surface area contributed by atoms with Gasteiger partial charge in [0.2, 0.25) is 5.91 Å². The van der Waals surface area contributed by atoms with E-state index in [-0.39, 0.29) is 17.7 Å². The molecule has 4 nitrogen and oxygen atoms in total. The summed E-state index contributed by atoms with van der Waals surface area (Å²) in [5.41, 5.74) is 1.52. The molecule has 0 aliphatic carbocycles. The van der Waals surface area contributed by atoms with Crippen molar-refractivity contribution in [3.63, 3.8) is 0 Å². The van der Waals surface area contributed by atoms with E-state index in [1.807, 2.05) is 47.2 Å². The Bertz CT molecular complexity index is 640. The summed E-state index contributed by atoms with van der Waals surface area (Å²) in [6.07, 6.45) is 1.69. The molecule has 0 spiro atoms. The Hall–Kier alpha value is -2.14. The minimum atomic E-state index is -0.142. The highest BCUT2D eigenvalue weighted by Crippen LogP contribution is 2.21. The second-order valence-electron chi connectivity index (χ2n) is 5.46. The fourth-order valence-electron chi connectivity index (χ4n) is 2.71. The van der Waals surface area contributed by atoms with Crippen molar-refractivity contribution < 1.29 is 9.59 Å². The first kappa shape index (κ1) is 14.8. The molecule has 1 aromatic heterocycles. The van der Waals surface area contributed by atoms with Crippen LogP contribution in [0.25, 0.3) is 0 Å². The maximum atomic E-state index is 12.4. The van der Waals surface area contributed by atoms with Crippen molar-refractivity contribution in [3.8, 4) is 0 Å². The van der Waals surface area contributed by atoms with Gasteiger partial charge in [-0.05, 0) is 36.4 Å². The van der Waals surface area contributed by atoms with Crippen molar-refractivity contribution >= 4 is 28.8 Å². The summed E-state index contributed by atoms with van der Waals surface area (Å²) in [7, 11) is 0. The van der Waals surface area contributed by atoms with Gasteiger partial charge in [0.25, 0.3) is 5.91 Å². The van der Waals surface area contributed by atoms with Crippen molar-refractivity contribution in [2.75, 3.05) is 18.4 Å². The summed E-state index contributed by atoms with van der Waals surface area (Å²) >= 11 is 1.51. The number of likely N-dealkylation sites (tertiary alicyclic amines) is 1. The number of hydrogen-bond donors (Lipinski definition) is 1. The zero-order valence-electron chi connectivity index (χ0n) is 12.2. The molecule has 1 aliphatic rings. The minimum Gasteiger partial charge on any atom is -0.338 e. The van der Waals surface area contributed by atoms with Gasteiger partial charge in [0.05, 0.1) is 11.5 Å². The molecule has 22 heavy (non-hydrogen) atoms. The van der Waals surface area contributed by atoms with Crippen LogP contribution in [0.15, 0.2) is 47.2 Å². The number of carbonyl (C=O) groups excluding carboxylic acids is 2. The number of para-hydroxylation sites is 1. The molecule has 114 valence electrons. The van der Waals surface area contributed by atoms with Gasteiger partial charge in [-0.25, -0.2) is 0 Å². The van der Waals surface area contributed by atoms with Gasteiger partial charge < -0.3 is 10.2 Å². The quantitative estimate of drug-likeness (QED) is 0.945. The lowest BCUT2D eigenvalue weighted by Crippen LogP contribution is -2.43. The standard InChI is InChI=1S/C17H18N2O2S/c20-16(18-15-6-2-1-3-7-15)13-5-4-9-19(11-13)17(21)14-8-10-22-12-14/h1-3,6-8,10,12-13H,4-5,9,11H2,(H,18,20). The Labute approximate surface area is 133 Å². The molecule has 1 aliphatic heterocycles. The van der Waals surface area contributed by atoms with Crippen LogP contribution in [0.4, 0.5) is 5.69 Å². The summed E-state index contributed by atoms with van der Waals surface area (Å²) in [5, 5.41) is 6.69. The van der Waals surface area contributed by atoms with Gasteiger partial charge in [-0.1, -0.05) is 18.2 Å². The molecule has 2 aromatic rings. The van der Waals surface area contributed by atoms with Gasteiger partial charge in [0, 0.05) is 24.2 Å². The van der Waals surface area contributed by atoms with Crippen LogP contribution in [0.3, 0.4) is 0 Å². The number of amides is 2. The number of benzene rings is 1. The van der Waals surface area contributed by atoms with Crippen LogP contribution in [0, 0.1) is 5.92 Å². The van der Waals surface area contributed by atoms with Gasteiger partial charge in [0.1, 0.15) is 0 Å². The molecule has 1 unspecified atom stereocenters. The van der Waals surface area contributed by atoms with Gasteiger partial charge in [0.15, 0.2) is 0 Å². The second kappa shape index (κ2) is 6.75. The van der Waals surface area contributed by atoms with Crippen molar-refractivity contribution in [2.45, 2.75) is 12.8 Å². The summed E-state index contributed by atoms with van der Waals surface area (Å²) in [5.74, 6) is -0.121. The molecule has 5 heteroatoms. The molecular weight excluding hydrogens is 296 g/mol. The van der Waals surface area contributed by atoms with E-state index in [1.165, 1.54) is 11.3 Å². The summed E-state index contributed by atoms with van der Waals surface area (Å²) in [6, 6.07) is 11.3. The first-order valence-corrected chi connectivity index (χ1v) is 8.36. The number of piperidine rings is 1. The van der Waals surface area contributed by atoms with E-state index < -0.39 is 0 Å². The van der Waals surface area contributed by atoms with E-state index >= 15 is 0 Å². The molecular formula is C17H18N2O2S. The van der Waals surface area contributed by atoms with Crippen molar-refractivity contribution in [2.24, 2.45) is 5.92 Å². The number of thiophene rings is 1. The number of anilines is 1. The third-order valence-corrected chi connectivity index (χ3v) is 4.57. The van der Waals surface area contributed by atoms with Crippen LogP contribution >= 0.6 is 11.3 Å². The van der Waals surface area contributed by atoms with E-state index in [2.05, 4.69) is 5.32 Å². The summed E-state index contributed by atoms with van der Waals surface area (Å²) in [6.45, 7) is 1.22. The SMILES string of the molecule is O=C(Nc1ccccc1)C1CCCN(C(=O)c2ccsc2)C1. The zero-order chi connectivity index (χ0) is 15.4. The van der Waals surface area contributed by atoms with E-state index in [4.69, 9.17) is 0 Å². The smallest absolute Gasteiger partial charge is 0.254 e. The van der Waals surface area contributed by atoms with Gasteiger partial charge in [-0.3, -0.25) is 9.59 Å². The highest BCUT2D eigenvalue weighted by molar-refractivity contribution is 7.08. The van der Waals surface area contributed by atoms with Crippen LogP contribution in [-0.4, -0.2) is 29.8 Å². The highest BCUT2D eigenvalue weighted by atomic mass is 32.1. The van der Waals surface area contributed by atoms with Gasteiger partial charge in [-0.2, -0.15) is 11.3 Å². The molecule has 1 atom stereocenters. The maximum absolute atomic E-state index is 12.4. The number of hydrogen-bond acceptors (Lipinski definition) is 3. The Morgan fingerprint density at radius 2 is 2.00 bits per heavy atom. The average molecular weight is 314 g/mol. The molecule has 2 amide bonds. The maximum Gasteiger partial charge on any atom is 0.254 e. The Morgan fingerprint density at radius 1 is 1.18 bits per heavy atom. The van der Waals surface area contributed by atoms with E-state index in [1.54, 1.807) is 4.90 Å². The fourth-order valence-corrected chi connectivity index (χ4v) is 3.34.